The number of hydrogen-bond acceptors (Lipinski definition) is 2. The van der Waals surface area contributed by atoms with E-state index >= 15 is 0 Å². The molecule has 5 nitrogen and oxygen atoms in total. The SMILES string of the molecule is c1ccc(-n2c3[n+](c4c2c2cnccc2n4-c2ccccc2)Cc2ncccc2-3)cc1. The molecular formula is C26H18N5+. The summed E-state index contributed by atoms with van der Waals surface area (Å²) in [6.07, 6.45) is 5.73. The van der Waals surface area contributed by atoms with Crippen molar-refractivity contribution in [2.75, 3.05) is 0 Å². The van der Waals surface area contributed by atoms with Gasteiger partial charge in [0.15, 0.2) is 5.52 Å². The Morgan fingerprint density at radius 1 is 0.742 bits per heavy atom. The fourth-order valence-electron chi connectivity index (χ4n) is 4.90. The summed E-state index contributed by atoms with van der Waals surface area (Å²) in [5.41, 5.74) is 8.03. The van der Waals surface area contributed by atoms with Crippen LogP contribution in [0.3, 0.4) is 0 Å². The largest absolute Gasteiger partial charge is 0.275 e. The lowest BCUT2D eigenvalue weighted by molar-refractivity contribution is -0.648. The first-order valence-corrected chi connectivity index (χ1v) is 10.4. The number of imidazole rings is 1. The van der Waals surface area contributed by atoms with Crippen LogP contribution in [0.15, 0.2) is 97.5 Å². The fraction of sp³-hybridized carbons (Fsp3) is 0.0385. The first-order valence-electron chi connectivity index (χ1n) is 10.4. The summed E-state index contributed by atoms with van der Waals surface area (Å²) < 4.78 is 7.11. The lowest BCUT2D eigenvalue weighted by Crippen LogP contribution is -2.33. The van der Waals surface area contributed by atoms with Gasteiger partial charge in [-0.05, 0) is 42.5 Å². The Kier molecular flexibility index (Phi) is 3.27. The predicted molar refractivity (Wildman–Crippen MR) is 120 cm³/mol. The van der Waals surface area contributed by atoms with Gasteiger partial charge in [-0.2, -0.15) is 0 Å². The zero-order valence-corrected chi connectivity index (χ0v) is 16.7. The average molecular weight is 400 g/mol. The van der Waals surface area contributed by atoms with E-state index in [0.717, 1.165) is 46.0 Å². The first kappa shape index (κ1) is 16.5. The monoisotopic (exact) mass is 400 g/mol. The zero-order valence-electron chi connectivity index (χ0n) is 16.7. The van der Waals surface area contributed by atoms with Gasteiger partial charge >= 0.3 is 0 Å². The fourth-order valence-corrected chi connectivity index (χ4v) is 4.90. The van der Waals surface area contributed by atoms with Crippen molar-refractivity contribution in [3.8, 4) is 22.8 Å². The second-order valence-electron chi connectivity index (χ2n) is 7.81. The molecule has 1 aliphatic heterocycles. The van der Waals surface area contributed by atoms with Crippen molar-refractivity contribution >= 4 is 22.1 Å². The number of pyridine rings is 2. The van der Waals surface area contributed by atoms with E-state index in [-0.39, 0.29) is 0 Å². The van der Waals surface area contributed by atoms with Crippen LogP contribution < -0.4 is 4.57 Å². The Bertz CT molecular complexity index is 1590. The van der Waals surface area contributed by atoms with Crippen molar-refractivity contribution in [2.45, 2.75) is 6.54 Å². The van der Waals surface area contributed by atoms with Crippen LogP contribution in [0, 0.1) is 0 Å². The summed E-state index contributed by atoms with van der Waals surface area (Å²) in [6, 6.07) is 27.4. The Hall–Kier alpha value is -4.25. The average Bonchev–Trinajstić information content (AvgIpc) is 3.47. The number of nitrogens with zero attached hydrogens (tertiary/aromatic N) is 5. The molecule has 0 amide bonds. The Balaban J connectivity index is 1.73. The topological polar surface area (TPSA) is 39.5 Å². The van der Waals surface area contributed by atoms with Crippen LogP contribution in [0.1, 0.15) is 5.69 Å². The molecule has 7 rings (SSSR count). The third-order valence-corrected chi connectivity index (χ3v) is 6.13. The minimum Gasteiger partial charge on any atom is -0.264 e. The van der Waals surface area contributed by atoms with Crippen LogP contribution in [0.5, 0.6) is 0 Å². The maximum absolute atomic E-state index is 4.69. The van der Waals surface area contributed by atoms with Crippen LogP contribution in [-0.2, 0) is 6.54 Å². The minimum absolute atomic E-state index is 0.748. The molecule has 0 fully saturated rings. The molecule has 0 unspecified atom stereocenters. The summed E-state index contributed by atoms with van der Waals surface area (Å²) in [4.78, 5) is 9.17. The van der Waals surface area contributed by atoms with Gasteiger partial charge in [0, 0.05) is 18.6 Å². The molecule has 0 aliphatic carbocycles. The molecule has 0 radical (unpaired) electrons. The third kappa shape index (κ3) is 2.17. The summed E-state index contributed by atoms with van der Waals surface area (Å²) in [7, 11) is 0. The minimum atomic E-state index is 0.748. The molecular weight excluding hydrogens is 382 g/mol. The standard InChI is InChI=1S/C26H18N5/c1-3-8-18(9-4-1)30-23-13-15-27-16-21(23)24-26(30)29-17-22-20(12-7-14-28-22)25(29)31(24)19-10-5-2-6-11-19/h1-16H,17H2/q+1. The van der Waals surface area contributed by atoms with E-state index in [2.05, 4.69) is 96.5 Å². The van der Waals surface area contributed by atoms with E-state index in [1.807, 2.05) is 24.7 Å². The van der Waals surface area contributed by atoms with Crippen LogP contribution in [0.4, 0.5) is 0 Å². The van der Waals surface area contributed by atoms with E-state index in [9.17, 15) is 0 Å². The van der Waals surface area contributed by atoms with E-state index in [0.29, 0.717) is 0 Å². The molecule has 1 aliphatic rings. The maximum Gasteiger partial charge on any atom is 0.275 e. The Morgan fingerprint density at radius 2 is 1.48 bits per heavy atom. The normalized spacial score (nSPS) is 12.4. The Morgan fingerprint density at radius 3 is 2.26 bits per heavy atom. The smallest absolute Gasteiger partial charge is 0.264 e. The molecule has 0 spiro atoms. The lowest BCUT2D eigenvalue weighted by Gasteiger charge is -2.04. The second-order valence-corrected chi connectivity index (χ2v) is 7.81. The van der Waals surface area contributed by atoms with Crippen molar-refractivity contribution in [3.63, 3.8) is 0 Å². The molecule has 0 atom stereocenters. The number of rotatable bonds is 2. The third-order valence-electron chi connectivity index (χ3n) is 6.13. The molecule has 0 saturated heterocycles. The van der Waals surface area contributed by atoms with Gasteiger partial charge in [0.25, 0.3) is 5.65 Å². The lowest BCUT2D eigenvalue weighted by atomic mass is 10.2. The number of aromatic nitrogens is 5. The highest BCUT2D eigenvalue weighted by atomic mass is 15.3. The number of benzene rings is 2. The van der Waals surface area contributed by atoms with Crippen LogP contribution in [0.2, 0.25) is 0 Å². The highest BCUT2D eigenvalue weighted by Crippen LogP contribution is 2.38. The Labute approximate surface area is 178 Å². The molecule has 146 valence electrons. The number of para-hydroxylation sites is 2. The van der Waals surface area contributed by atoms with E-state index in [4.69, 9.17) is 0 Å². The number of fused-ring (bicyclic) bond motifs is 7. The van der Waals surface area contributed by atoms with Gasteiger partial charge in [0.1, 0.15) is 23.4 Å². The molecule has 4 aromatic heterocycles. The molecule has 2 aromatic carbocycles. The predicted octanol–water partition coefficient (Wildman–Crippen LogP) is 4.68. The van der Waals surface area contributed by atoms with E-state index < -0.39 is 0 Å². The molecule has 0 N–H and O–H groups in total. The van der Waals surface area contributed by atoms with Crippen molar-refractivity contribution in [3.05, 3.63) is 103 Å². The number of hydrogen-bond donors (Lipinski definition) is 0. The van der Waals surface area contributed by atoms with Gasteiger partial charge < -0.3 is 0 Å². The van der Waals surface area contributed by atoms with Crippen molar-refractivity contribution in [1.82, 2.24) is 19.1 Å². The zero-order chi connectivity index (χ0) is 20.4. The summed E-state index contributed by atoms with van der Waals surface area (Å²) >= 11 is 0. The molecule has 0 saturated carbocycles. The molecule has 5 heteroatoms. The van der Waals surface area contributed by atoms with Crippen molar-refractivity contribution in [1.29, 1.82) is 0 Å². The van der Waals surface area contributed by atoms with Gasteiger partial charge in [-0.25, -0.2) is 13.7 Å². The van der Waals surface area contributed by atoms with Crippen molar-refractivity contribution in [2.24, 2.45) is 0 Å². The first-order chi connectivity index (χ1) is 15.4. The highest BCUT2D eigenvalue weighted by Gasteiger charge is 2.38. The van der Waals surface area contributed by atoms with Gasteiger partial charge in [-0.1, -0.05) is 36.4 Å². The molecule has 6 aromatic rings. The van der Waals surface area contributed by atoms with Gasteiger partial charge in [0.05, 0.1) is 16.6 Å². The highest BCUT2D eigenvalue weighted by molar-refractivity contribution is 6.06. The summed E-state index contributed by atoms with van der Waals surface area (Å²) in [5.74, 6) is 1.16. The van der Waals surface area contributed by atoms with Gasteiger partial charge in [-0.3, -0.25) is 9.97 Å². The maximum atomic E-state index is 4.69. The van der Waals surface area contributed by atoms with Gasteiger partial charge in [-0.15, -0.1) is 0 Å². The summed E-state index contributed by atoms with van der Waals surface area (Å²) in [6.45, 7) is 0.748. The van der Waals surface area contributed by atoms with Crippen LogP contribution >= 0.6 is 0 Å². The van der Waals surface area contributed by atoms with E-state index in [1.54, 1.807) is 0 Å². The van der Waals surface area contributed by atoms with Crippen LogP contribution in [0.25, 0.3) is 44.8 Å². The summed E-state index contributed by atoms with van der Waals surface area (Å²) in [5, 5.41) is 1.14. The van der Waals surface area contributed by atoms with Gasteiger partial charge in [0.2, 0.25) is 5.82 Å². The molecule has 5 heterocycles. The molecule has 31 heavy (non-hydrogen) atoms. The van der Waals surface area contributed by atoms with Crippen LogP contribution in [-0.4, -0.2) is 19.1 Å². The second kappa shape index (κ2) is 6.12. The molecule has 0 bridgehead atoms. The quantitative estimate of drug-likeness (QED) is 0.395. The van der Waals surface area contributed by atoms with Crippen molar-refractivity contribution < 1.29 is 4.57 Å². The van der Waals surface area contributed by atoms with E-state index in [1.165, 1.54) is 11.1 Å².